The Kier molecular flexibility index (Phi) is 7.79. The van der Waals surface area contributed by atoms with Gasteiger partial charge in [-0.05, 0) is 121 Å². The van der Waals surface area contributed by atoms with E-state index in [1.165, 1.54) is 76.2 Å². The first-order chi connectivity index (χ1) is 30.7. The van der Waals surface area contributed by atoms with E-state index in [0.717, 1.165) is 39.0 Å². The largest absolute Gasteiger partial charge is 0.454 e. The van der Waals surface area contributed by atoms with Crippen LogP contribution in [0.15, 0.2) is 239 Å². The third kappa shape index (κ3) is 5.12. The highest BCUT2D eigenvalue weighted by molar-refractivity contribution is 7.99. The third-order valence-electron chi connectivity index (χ3n) is 13.1. The Morgan fingerprint density at radius 1 is 0.387 bits per heavy atom. The second kappa shape index (κ2) is 13.7. The van der Waals surface area contributed by atoms with Crippen LogP contribution in [0.2, 0.25) is 0 Å². The van der Waals surface area contributed by atoms with Crippen LogP contribution in [0.5, 0.6) is 0 Å². The molecule has 1 aliphatic carbocycles. The molecule has 0 unspecified atom stereocenters. The molecule has 2 nitrogen and oxygen atoms in total. The number of hydrogen-bond acceptors (Lipinski definition) is 3. The van der Waals surface area contributed by atoms with Crippen LogP contribution in [0.3, 0.4) is 0 Å². The summed E-state index contributed by atoms with van der Waals surface area (Å²) in [6.07, 6.45) is 0. The van der Waals surface area contributed by atoms with Crippen molar-refractivity contribution >= 4 is 61.5 Å². The Hall–Kier alpha value is -7.59. The maximum atomic E-state index is 6.65. The first-order valence-corrected chi connectivity index (χ1v) is 22.1. The second-order valence-electron chi connectivity index (χ2n) is 16.4. The molecule has 0 N–H and O–H groups in total. The predicted molar refractivity (Wildman–Crippen MR) is 258 cm³/mol. The molecule has 2 aliphatic rings. The minimum atomic E-state index is -0.461. The average Bonchev–Trinajstić information content (AvgIpc) is 3.87. The molecule has 10 aromatic carbocycles. The summed E-state index contributed by atoms with van der Waals surface area (Å²) in [7, 11) is 0. The van der Waals surface area contributed by atoms with Crippen molar-refractivity contribution < 1.29 is 4.42 Å². The van der Waals surface area contributed by atoms with E-state index in [1.54, 1.807) is 0 Å². The van der Waals surface area contributed by atoms with E-state index in [0.29, 0.717) is 0 Å². The van der Waals surface area contributed by atoms with Gasteiger partial charge in [-0.25, -0.2) is 0 Å². The van der Waals surface area contributed by atoms with Crippen LogP contribution >= 0.6 is 11.8 Å². The van der Waals surface area contributed by atoms with Crippen molar-refractivity contribution in [3.63, 3.8) is 0 Å². The van der Waals surface area contributed by atoms with Gasteiger partial charge in [0.05, 0.1) is 11.1 Å². The zero-order chi connectivity index (χ0) is 40.8. The van der Waals surface area contributed by atoms with Crippen LogP contribution in [-0.2, 0) is 5.41 Å². The van der Waals surface area contributed by atoms with Crippen molar-refractivity contribution in [1.82, 2.24) is 0 Å². The fraction of sp³-hybridized carbons (Fsp3) is 0.0169. The summed E-state index contributed by atoms with van der Waals surface area (Å²) in [5.41, 5.74) is 17.2. The minimum Gasteiger partial charge on any atom is -0.454 e. The smallest absolute Gasteiger partial charge is 0.159 e. The highest BCUT2D eigenvalue weighted by Gasteiger charge is 2.50. The number of anilines is 3. The standard InChI is InChI=1S/C59H37NOS/c1-2-13-38(14-3-1)39-25-31-43(32-26-39)60(53-21-12-18-47-46-17-6-9-22-54(46)61-58(47)53)44-33-27-40(28-34-44)42-29-35-48-52(37-42)59(51-36-30-41-15-4-5-16-45(41)57(48)51)49-19-7-10-23-55(49)62-56-24-11-8-20-50(56)59/h1-37H. The molecule has 0 atom stereocenters. The van der Waals surface area contributed by atoms with Gasteiger partial charge in [0.1, 0.15) is 5.58 Å². The molecule has 0 amide bonds. The normalized spacial score (nSPS) is 13.2. The van der Waals surface area contributed by atoms with Gasteiger partial charge < -0.3 is 9.32 Å². The van der Waals surface area contributed by atoms with Gasteiger partial charge in [-0.15, -0.1) is 0 Å². The number of hydrogen-bond donors (Lipinski definition) is 0. The first kappa shape index (κ1) is 35.2. The van der Waals surface area contributed by atoms with Gasteiger partial charge in [-0.1, -0.05) is 182 Å². The van der Waals surface area contributed by atoms with Gasteiger partial charge in [-0.3, -0.25) is 0 Å². The molecule has 13 rings (SSSR count). The van der Waals surface area contributed by atoms with Crippen LogP contribution in [0.4, 0.5) is 17.1 Å². The zero-order valence-electron chi connectivity index (χ0n) is 33.6. The van der Waals surface area contributed by atoms with Gasteiger partial charge in [0.25, 0.3) is 0 Å². The van der Waals surface area contributed by atoms with Crippen molar-refractivity contribution in [1.29, 1.82) is 0 Å². The maximum Gasteiger partial charge on any atom is 0.159 e. The van der Waals surface area contributed by atoms with E-state index in [-0.39, 0.29) is 0 Å². The van der Waals surface area contributed by atoms with Gasteiger partial charge in [0.2, 0.25) is 0 Å². The lowest BCUT2D eigenvalue weighted by molar-refractivity contribution is 0.669. The Bertz CT molecular complexity index is 3500. The number of para-hydroxylation sites is 2. The fourth-order valence-electron chi connectivity index (χ4n) is 10.4. The summed E-state index contributed by atoms with van der Waals surface area (Å²) < 4.78 is 6.65. The Labute approximate surface area is 364 Å². The lowest BCUT2D eigenvalue weighted by Crippen LogP contribution is -2.32. The molecule has 11 aromatic rings. The molecule has 0 saturated carbocycles. The Balaban J connectivity index is 0.983. The molecular formula is C59H37NOS. The summed E-state index contributed by atoms with van der Waals surface area (Å²) in [5.74, 6) is 0. The van der Waals surface area contributed by atoms with E-state index in [9.17, 15) is 0 Å². The van der Waals surface area contributed by atoms with E-state index in [2.05, 4.69) is 223 Å². The number of benzene rings is 10. The fourth-order valence-corrected chi connectivity index (χ4v) is 11.6. The summed E-state index contributed by atoms with van der Waals surface area (Å²) in [5, 5.41) is 4.78. The summed E-state index contributed by atoms with van der Waals surface area (Å²) in [6, 6.07) is 82.2. The predicted octanol–water partition coefficient (Wildman–Crippen LogP) is 16.4. The van der Waals surface area contributed by atoms with Crippen molar-refractivity contribution in [2.45, 2.75) is 15.2 Å². The topological polar surface area (TPSA) is 16.4 Å². The lowest BCUT2D eigenvalue weighted by Gasteiger charge is -2.39. The quantitative estimate of drug-likeness (QED) is 0.172. The van der Waals surface area contributed by atoms with Crippen molar-refractivity contribution in [3.8, 4) is 33.4 Å². The molecule has 1 aliphatic heterocycles. The van der Waals surface area contributed by atoms with E-state index in [1.807, 2.05) is 17.8 Å². The third-order valence-corrected chi connectivity index (χ3v) is 14.3. The van der Waals surface area contributed by atoms with Crippen molar-refractivity contribution in [2.75, 3.05) is 4.90 Å². The van der Waals surface area contributed by atoms with E-state index in [4.69, 9.17) is 4.42 Å². The number of nitrogens with zero attached hydrogens (tertiary/aromatic N) is 1. The second-order valence-corrected chi connectivity index (χ2v) is 17.4. The lowest BCUT2D eigenvalue weighted by atomic mass is 9.67. The molecule has 3 heteroatoms. The van der Waals surface area contributed by atoms with Crippen LogP contribution < -0.4 is 4.90 Å². The van der Waals surface area contributed by atoms with Crippen molar-refractivity contribution in [3.05, 3.63) is 247 Å². The van der Waals surface area contributed by atoms with Crippen LogP contribution in [-0.4, -0.2) is 0 Å². The average molecular weight is 808 g/mol. The minimum absolute atomic E-state index is 0.461. The summed E-state index contributed by atoms with van der Waals surface area (Å²) >= 11 is 1.89. The highest BCUT2D eigenvalue weighted by Crippen LogP contribution is 2.63. The van der Waals surface area contributed by atoms with Gasteiger partial charge in [0.15, 0.2) is 5.58 Å². The van der Waals surface area contributed by atoms with Gasteiger partial charge in [-0.2, -0.15) is 0 Å². The molecule has 0 bridgehead atoms. The number of furan rings is 1. The molecular weight excluding hydrogens is 771 g/mol. The van der Waals surface area contributed by atoms with E-state index >= 15 is 0 Å². The van der Waals surface area contributed by atoms with E-state index < -0.39 is 5.41 Å². The molecule has 0 fully saturated rings. The van der Waals surface area contributed by atoms with Crippen LogP contribution in [0.1, 0.15) is 22.3 Å². The molecule has 1 aromatic heterocycles. The molecule has 0 radical (unpaired) electrons. The highest BCUT2D eigenvalue weighted by atomic mass is 32.2. The number of fused-ring (bicyclic) bond motifs is 14. The monoisotopic (exact) mass is 807 g/mol. The van der Waals surface area contributed by atoms with Crippen LogP contribution in [0, 0.1) is 0 Å². The maximum absolute atomic E-state index is 6.65. The van der Waals surface area contributed by atoms with Crippen molar-refractivity contribution in [2.24, 2.45) is 0 Å². The van der Waals surface area contributed by atoms with Gasteiger partial charge >= 0.3 is 0 Å². The summed E-state index contributed by atoms with van der Waals surface area (Å²) in [6.45, 7) is 0. The first-order valence-electron chi connectivity index (χ1n) is 21.2. The zero-order valence-corrected chi connectivity index (χ0v) is 34.4. The molecule has 62 heavy (non-hydrogen) atoms. The van der Waals surface area contributed by atoms with Gasteiger partial charge in [0, 0.05) is 31.9 Å². The van der Waals surface area contributed by atoms with Crippen LogP contribution in [0.25, 0.3) is 66.1 Å². The SMILES string of the molecule is c1ccc(-c2ccc(N(c3ccc(-c4ccc5c(c4)C4(c6ccccc6Sc6ccccc64)c4ccc6ccccc6c4-5)cc3)c3cccc4c3oc3ccccc34)cc2)cc1. The molecule has 1 spiro atoms. The Morgan fingerprint density at radius 2 is 0.968 bits per heavy atom. The Morgan fingerprint density at radius 3 is 1.71 bits per heavy atom. The summed E-state index contributed by atoms with van der Waals surface area (Å²) in [4.78, 5) is 4.95. The molecule has 290 valence electrons. The number of rotatable bonds is 5. The molecule has 0 saturated heterocycles. The molecule has 2 heterocycles.